The number of carbonyl (C=O) groups is 1. The van der Waals surface area contributed by atoms with Gasteiger partial charge >= 0.3 is 0 Å². The first-order valence-electron chi connectivity index (χ1n) is 7.07. The van der Waals surface area contributed by atoms with Crippen molar-refractivity contribution in [3.63, 3.8) is 0 Å². The fourth-order valence-corrected chi connectivity index (χ4v) is 2.15. The molecule has 0 saturated carbocycles. The molecule has 0 fully saturated rings. The van der Waals surface area contributed by atoms with Crippen LogP contribution in [0.5, 0.6) is 0 Å². The van der Waals surface area contributed by atoms with E-state index in [1.807, 2.05) is 73.7 Å². The van der Waals surface area contributed by atoms with Gasteiger partial charge in [0.2, 0.25) is 0 Å². The Balaban J connectivity index is 2.10. The van der Waals surface area contributed by atoms with Crippen molar-refractivity contribution in [2.45, 2.75) is 6.92 Å². The second kappa shape index (κ2) is 7.55. The van der Waals surface area contributed by atoms with Gasteiger partial charge < -0.3 is 4.74 Å². The lowest BCUT2D eigenvalue weighted by atomic mass is 9.96. The summed E-state index contributed by atoms with van der Waals surface area (Å²) in [6, 6.07) is 13.9. The molecule has 0 aliphatic rings. The van der Waals surface area contributed by atoms with Crippen LogP contribution in [0, 0.1) is 5.92 Å². The first-order valence-corrected chi connectivity index (χ1v) is 7.07. The van der Waals surface area contributed by atoms with Gasteiger partial charge in [-0.15, -0.1) is 0 Å². The van der Waals surface area contributed by atoms with Crippen LogP contribution in [0.1, 0.15) is 17.3 Å². The topological polar surface area (TPSA) is 26.3 Å². The minimum atomic E-state index is -0.140. The van der Waals surface area contributed by atoms with Crippen molar-refractivity contribution in [1.82, 2.24) is 0 Å². The van der Waals surface area contributed by atoms with E-state index in [0.717, 1.165) is 16.3 Å². The highest BCUT2D eigenvalue weighted by Gasteiger charge is 2.12. The predicted molar refractivity (Wildman–Crippen MR) is 87.6 cm³/mol. The maximum absolute atomic E-state index is 12.4. The first-order chi connectivity index (χ1) is 10.2. The lowest BCUT2D eigenvalue weighted by Gasteiger charge is -2.06. The van der Waals surface area contributed by atoms with Gasteiger partial charge in [-0.05, 0) is 16.8 Å². The maximum atomic E-state index is 12.4. The Labute approximate surface area is 125 Å². The molecule has 0 heterocycles. The van der Waals surface area contributed by atoms with Crippen LogP contribution in [-0.2, 0) is 4.74 Å². The maximum Gasteiger partial charge on any atom is 0.169 e. The van der Waals surface area contributed by atoms with Gasteiger partial charge in [-0.2, -0.15) is 0 Å². The number of benzene rings is 2. The van der Waals surface area contributed by atoms with E-state index in [4.69, 9.17) is 4.74 Å². The molecule has 2 nitrogen and oxygen atoms in total. The highest BCUT2D eigenvalue weighted by atomic mass is 16.5. The molecule has 1 atom stereocenters. The third kappa shape index (κ3) is 4.14. The number of allylic oxidation sites excluding steroid dienone is 3. The van der Waals surface area contributed by atoms with Gasteiger partial charge in [0.05, 0.1) is 6.61 Å². The normalized spacial score (nSPS) is 13.2. The van der Waals surface area contributed by atoms with Crippen LogP contribution in [0.2, 0.25) is 0 Å². The predicted octanol–water partition coefficient (Wildman–Crippen LogP) is 4.42. The monoisotopic (exact) mass is 280 g/mol. The molecule has 2 heteroatoms. The van der Waals surface area contributed by atoms with Crippen LogP contribution in [0.4, 0.5) is 0 Å². The molecular formula is C19H20O2. The SMILES string of the molecule is COC/C=C\C=C/C(C)C(=O)c1ccc2ccccc2c1. The summed E-state index contributed by atoms with van der Waals surface area (Å²) in [7, 11) is 1.65. The molecule has 0 aliphatic carbocycles. The average molecular weight is 280 g/mol. The summed E-state index contributed by atoms with van der Waals surface area (Å²) in [4.78, 5) is 12.4. The minimum Gasteiger partial charge on any atom is -0.381 e. The van der Waals surface area contributed by atoms with Crippen LogP contribution in [0.15, 0.2) is 66.8 Å². The lowest BCUT2D eigenvalue weighted by molar-refractivity contribution is 0.0953. The van der Waals surface area contributed by atoms with Gasteiger partial charge in [0.15, 0.2) is 5.78 Å². The summed E-state index contributed by atoms with van der Waals surface area (Å²) in [5.74, 6) is -0.00417. The molecule has 2 rings (SSSR count). The van der Waals surface area contributed by atoms with Crippen LogP contribution >= 0.6 is 0 Å². The standard InChI is InChI=1S/C19H20O2/c1-15(8-4-3-7-13-21-2)19(20)18-12-11-16-9-5-6-10-17(16)14-18/h3-12,14-15H,13H2,1-2H3/b7-3-,8-4-. The van der Waals surface area contributed by atoms with E-state index >= 15 is 0 Å². The number of fused-ring (bicyclic) bond motifs is 1. The van der Waals surface area contributed by atoms with Gasteiger partial charge in [-0.3, -0.25) is 4.79 Å². The quantitative estimate of drug-likeness (QED) is 0.578. The Kier molecular flexibility index (Phi) is 5.47. The Morgan fingerprint density at radius 2 is 1.90 bits per heavy atom. The molecule has 0 aromatic heterocycles. The Morgan fingerprint density at radius 3 is 2.67 bits per heavy atom. The molecule has 0 radical (unpaired) electrons. The van der Waals surface area contributed by atoms with Crippen molar-refractivity contribution in [2.75, 3.05) is 13.7 Å². The average Bonchev–Trinajstić information content (AvgIpc) is 2.53. The molecule has 0 saturated heterocycles. The number of carbonyl (C=O) groups excluding carboxylic acids is 1. The summed E-state index contributed by atoms with van der Waals surface area (Å²) in [6.07, 6.45) is 7.60. The van der Waals surface area contributed by atoms with E-state index in [1.165, 1.54) is 0 Å². The fourth-order valence-electron chi connectivity index (χ4n) is 2.15. The van der Waals surface area contributed by atoms with Gasteiger partial charge in [-0.25, -0.2) is 0 Å². The Hall–Kier alpha value is -2.19. The minimum absolute atomic E-state index is 0.136. The van der Waals surface area contributed by atoms with Crippen molar-refractivity contribution >= 4 is 16.6 Å². The number of hydrogen-bond acceptors (Lipinski definition) is 2. The zero-order valence-corrected chi connectivity index (χ0v) is 12.5. The molecule has 1 unspecified atom stereocenters. The Morgan fingerprint density at radius 1 is 1.14 bits per heavy atom. The van der Waals surface area contributed by atoms with Crippen LogP contribution in [0.25, 0.3) is 10.8 Å². The second-order valence-electron chi connectivity index (χ2n) is 4.98. The third-order valence-electron chi connectivity index (χ3n) is 3.36. The largest absolute Gasteiger partial charge is 0.381 e. The van der Waals surface area contributed by atoms with Crippen LogP contribution in [-0.4, -0.2) is 19.5 Å². The van der Waals surface area contributed by atoms with E-state index < -0.39 is 0 Å². The van der Waals surface area contributed by atoms with Crippen molar-refractivity contribution < 1.29 is 9.53 Å². The number of ketones is 1. The summed E-state index contributed by atoms with van der Waals surface area (Å²) in [5, 5.41) is 2.25. The van der Waals surface area contributed by atoms with Crippen molar-refractivity contribution in [1.29, 1.82) is 0 Å². The van der Waals surface area contributed by atoms with Gasteiger partial charge in [0.25, 0.3) is 0 Å². The number of Topliss-reactive ketones (excluding diaryl/α,β-unsaturated/α-hetero) is 1. The second-order valence-corrected chi connectivity index (χ2v) is 4.98. The van der Waals surface area contributed by atoms with E-state index in [2.05, 4.69) is 0 Å². The van der Waals surface area contributed by atoms with Crippen LogP contribution < -0.4 is 0 Å². The van der Waals surface area contributed by atoms with Gasteiger partial charge in [0, 0.05) is 18.6 Å². The number of rotatable bonds is 6. The van der Waals surface area contributed by atoms with Gasteiger partial charge in [-0.1, -0.05) is 67.6 Å². The highest BCUT2D eigenvalue weighted by Crippen LogP contribution is 2.18. The molecule has 21 heavy (non-hydrogen) atoms. The molecule has 0 spiro atoms. The number of hydrogen-bond donors (Lipinski definition) is 0. The molecule has 108 valence electrons. The van der Waals surface area contributed by atoms with Crippen molar-refractivity contribution in [2.24, 2.45) is 5.92 Å². The molecule has 2 aromatic rings. The summed E-state index contributed by atoms with van der Waals surface area (Å²) < 4.78 is 4.92. The van der Waals surface area contributed by atoms with Crippen molar-refractivity contribution in [3.05, 3.63) is 72.3 Å². The third-order valence-corrected chi connectivity index (χ3v) is 3.36. The van der Waals surface area contributed by atoms with E-state index in [0.29, 0.717) is 6.61 Å². The van der Waals surface area contributed by atoms with E-state index in [1.54, 1.807) is 7.11 Å². The summed E-state index contributed by atoms with van der Waals surface area (Å²) >= 11 is 0. The summed E-state index contributed by atoms with van der Waals surface area (Å²) in [5.41, 5.74) is 0.756. The zero-order chi connectivity index (χ0) is 15.1. The van der Waals surface area contributed by atoms with Crippen LogP contribution in [0.3, 0.4) is 0 Å². The fraction of sp³-hybridized carbons (Fsp3) is 0.211. The lowest BCUT2D eigenvalue weighted by Crippen LogP contribution is -2.08. The Bertz CT molecular complexity index is 668. The van der Waals surface area contributed by atoms with E-state index in [-0.39, 0.29) is 11.7 Å². The highest BCUT2D eigenvalue weighted by molar-refractivity contribution is 6.01. The number of methoxy groups -OCH3 is 1. The molecule has 2 aromatic carbocycles. The zero-order valence-electron chi connectivity index (χ0n) is 12.5. The number of ether oxygens (including phenoxy) is 1. The summed E-state index contributed by atoms with van der Waals surface area (Å²) in [6.45, 7) is 2.50. The van der Waals surface area contributed by atoms with Crippen molar-refractivity contribution in [3.8, 4) is 0 Å². The van der Waals surface area contributed by atoms with E-state index in [9.17, 15) is 4.79 Å². The molecular weight excluding hydrogens is 260 g/mol. The molecule has 0 bridgehead atoms. The van der Waals surface area contributed by atoms with Gasteiger partial charge in [0.1, 0.15) is 0 Å². The molecule has 0 amide bonds. The molecule has 0 N–H and O–H groups in total. The smallest absolute Gasteiger partial charge is 0.169 e. The first kappa shape index (κ1) is 15.2. The molecule has 0 aliphatic heterocycles.